The zero-order valence-electron chi connectivity index (χ0n) is 11.9. The van der Waals surface area contributed by atoms with Crippen LogP contribution in [0.2, 0.25) is 0 Å². The summed E-state index contributed by atoms with van der Waals surface area (Å²) in [6, 6.07) is 6.42. The van der Waals surface area contributed by atoms with Crippen LogP contribution in [0.25, 0.3) is 0 Å². The number of hydrogen-bond acceptors (Lipinski definition) is 4. The Morgan fingerprint density at radius 3 is 2.55 bits per heavy atom. The fourth-order valence-electron chi connectivity index (χ4n) is 2.51. The maximum absolute atomic E-state index is 9.02. The molecule has 1 heterocycles. The molecule has 0 radical (unpaired) electrons. The van der Waals surface area contributed by atoms with Crippen molar-refractivity contribution in [3.8, 4) is 17.6 Å². The van der Waals surface area contributed by atoms with Gasteiger partial charge in [0, 0.05) is 22.7 Å². The van der Waals surface area contributed by atoms with E-state index in [4.69, 9.17) is 14.7 Å². The molecule has 0 spiro atoms. The third-order valence-corrected chi connectivity index (χ3v) is 4.23. The van der Waals surface area contributed by atoms with Crippen molar-refractivity contribution in [1.29, 1.82) is 5.26 Å². The molecule has 1 atom stereocenters. The molecule has 1 unspecified atom stereocenters. The van der Waals surface area contributed by atoms with Crippen LogP contribution in [0.1, 0.15) is 37.4 Å². The summed E-state index contributed by atoms with van der Waals surface area (Å²) < 4.78 is 13.4. The first-order valence-corrected chi connectivity index (χ1v) is 7.63. The average Bonchev–Trinajstić information content (AvgIpc) is 2.44. The van der Waals surface area contributed by atoms with E-state index < -0.39 is 0 Å². The van der Waals surface area contributed by atoms with E-state index in [2.05, 4.69) is 32.2 Å². The molecule has 1 aromatic rings. The van der Waals surface area contributed by atoms with Crippen LogP contribution in [-0.2, 0) is 6.42 Å². The standard InChI is InChI=1S/C15H19BrN2O2/c1-3-19-14-9-11-6-8-18(16)13(5-7-17)12(11)10-15(14)20-4-2/h9-10,13H,3-6,8H2,1-2H3. The highest BCUT2D eigenvalue weighted by Crippen LogP contribution is 2.40. The molecule has 2 rings (SSSR count). The highest BCUT2D eigenvalue weighted by molar-refractivity contribution is 9.07. The van der Waals surface area contributed by atoms with Gasteiger partial charge in [0.15, 0.2) is 11.5 Å². The van der Waals surface area contributed by atoms with Gasteiger partial charge in [-0.2, -0.15) is 5.26 Å². The second-order valence-corrected chi connectivity index (χ2v) is 5.53. The predicted molar refractivity (Wildman–Crippen MR) is 81.1 cm³/mol. The lowest BCUT2D eigenvalue weighted by Crippen LogP contribution is -2.27. The Balaban J connectivity index is 2.43. The molecule has 0 saturated heterocycles. The second kappa shape index (κ2) is 6.96. The molecule has 108 valence electrons. The van der Waals surface area contributed by atoms with Crippen molar-refractivity contribution in [3.63, 3.8) is 0 Å². The first-order valence-electron chi connectivity index (χ1n) is 6.93. The van der Waals surface area contributed by atoms with Crippen LogP contribution in [0.5, 0.6) is 11.5 Å². The zero-order valence-corrected chi connectivity index (χ0v) is 13.4. The molecule has 5 heteroatoms. The van der Waals surface area contributed by atoms with Gasteiger partial charge in [-0.15, -0.1) is 0 Å². The Morgan fingerprint density at radius 2 is 1.95 bits per heavy atom. The molecule has 0 fully saturated rings. The Morgan fingerprint density at radius 1 is 1.30 bits per heavy atom. The van der Waals surface area contributed by atoms with E-state index in [9.17, 15) is 0 Å². The summed E-state index contributed by atoms with van der Waals surface area (Å²) in [7, 11) is 0. The molecule has 1 aliphatic rings. The zero-order chi connectivity index (χ0) is 14.5. The van der Waals surface area contributed by atoms with Crippen molar-refractivity contribution in [3.05, 3.63) is 23.3 Å². The van der Waals surface area contributed by atoms with Gasteiger partial charge < -0.3 is 9.47 Å². The molecule has 0 N–H and O–H groups in total. The van der Waals surface area contributed by atoms with Crippen LogP contribution in [-0.4, -0.2) is 23.7 Å². The summed E-state index contributed by atoms with van der Waals surface area (Å²) in [6.07, 6.45) is 1.40. The molecular formula is C15H19BrN2O2. The molecule has 1 aromatic carbocycles. The molecule has 0 saturated carbocycles. The monoisotopic (exact) mass is 338 g/mol. The number of rotatable bonds is 5. The minimum Gasteiger partial charge on any atom is -0.490 e. The third kappa shape index (κ3) is 3.08. The lowest BCUT2D eigenvalue weighted by Gasteiger charge is -2.32. The van der Waals surface area contributed by atoms with Crippen molar-refractivity contribution in [2.75, 3.05) is 19.8 Å². The van der Waals surface area contributed by atoms with Crippen LogP contribution in [0, 0.1) is 11.3 Å². The van der Waals surface area contributed by atoms with Crippen molar-refractivity contribution in [1.82, 2.24) is 3.93 Å². The van der Waals surface area contributed by atoms with Gasteiger partial charge >= 0.3 is 0 Å². The Kier molecular flexibility index (Phi) is 5.27. The van der Waals surface area contributed by atoms with E-state index in [0.29, 0.717) is 19.6 Å². The highest BCUT2D eigenvalue weighted by Gasteiger charge is 2.27. The Bertz CT molecular complexity index is 513. The summed E-state index contributed by atoms with van der Waals surface area (Å²) in [5, 5.41) is 9.02. The van der Waals surface area contributed by atoms with Crippen LogP contribution >= 0.6 is 16.1 Å². The number of nitrogens with zero attached hydrogens (tertiary/aromatic N) is 2. The fraction of sp³-hybridized carbons (Fsp3) is 0.533. The molecule has 0 aromatic heterocycles. The summed E-state index contributed by atoms with van der Waals surface area (Å²) >= 11 is 3.55. The molecule has 1 aliphatic heterocycles. The Labute approximate surface area is 128 Å². The van der Waals surface area contributed by atoms with Gasteiger partial charge in [-0.1, -0.05) is 0 Å². The van der Waals surface area contributed by atoms with Gasteiger partial charge in [-0.05, 0) is 43.5 Å². The van der Waals surface area contributed by atoms with Gasteiger partial charge in [-0.25, -0.2) is 3.93 Å². The molecule has 20 heavy (non-hydrogen) atoms. The van der Waals surface area contributed by atoms with Gasteiger partial charge in [0.25, 0.3) is 0 Å². The smallest absolute Gasteiger partial charge is 0.161 e. The lowest BCUT2D eigenvalue weighted by atomic mass is 9.92. The summed E-state index contributed by atoms with van der Waals surface area (Å²) in [4.78, 5) is 0. The summed E-state index contributed by atoms with van der Waals surface area (Å²) in [6.45, 7) is 6.02. The molecule has 4 nitrogen and oxygen atoms in total. The topological polar surface area (TPSA) is 45.5 Å². The molecule has 0 aliphatic carbocycles. The van der Waals surface area contributed by atoms with E-state index >= 15 is 0 Å². The maximum Gasteiger partial charge on any atom is 0.161 e. The van der Waals surface area contributed by atoms with Crippen molar-refractivity contribution >= 4 is 16.1 Å². The largest absolute Gasteiger partial charge is 0.490 e. The first kappa shape index (κ1) is 15.1. The molecule has 0 bridgehead atoms. The maximum atomic E-state index is 9.02. The quantitative estimate of drug-likeness (QED) is 0.769. The van der Waals surface area contributed by atoms with E-state index in [1.54, 1.807) is 0 Å². The van der Waals surface area contributed by atoms with E-state index in [1.165, 1.54) is 5.56 Å². The Hall–Kier alpha value is -1.25. The second-order valence-electron chi connectivity index (χ2n) is 4.62. The third-order valence-electron chi connectivity index (χ3n) is 3.38. The van der Waals surface area contributed by atoms with E-state index in [0.717, 1.165) is 30.0 Å². The number of hydrogen-bond donors (Lipinski definition) is 0. The predicted octanol–water partition coefficient (Wildman–Crippen LogP) is 3.61. The van der Waals surface area contributed by atoms with Crippen LogP contribution in [0.3, 0.4) is 0 Å². The van der Waals surface area contributed by atoms with Crippen molar-refractivity contribution in [2.24, 2.45) is 0 Å². The SMILES string of the molecule is CCOc1cc2c(cc1OCC)C(CC#N)N(Br)CC2. The van der Waals surface area contributed by atoms with E-state index in [-0.39, 0.29) is 6.04 Å². The van der Waals surface area contributed by atoms with Gasteiger partial charge in [-0.3, -0.25) is 0 Å². The summed E-state index contributed by atoms with van der Waals surface area (Å²) in [5.74, 6) is 1.56. The van der Waals surface area contributed by atoms with Crippen molar-refractivity contribution in [2.45, 2.75) is 32.7 Å². The summed E-state index contributed by atoms with van der Waals surface area (Å²) in [5.41, 5.74) is 2.40. The minimum atomic E-state index is 0.0682. The first-order chi connectivity index (χ1) is 9.71. The van der Waals surface area contributed by atoms with Crippen LogP contribution < -0.4 is 9.47 Å². The molecular weight excluding hydrogens is 320 g/mol. The number of ether oxygens (including phenoxy) is 2. The van der Waals surface area contributed by atoms with Crippen molar-refractivity contribution < 1.29 is 9.47 Å². The fourth-order valence-corrected chi connectivity index (χ4v) is 3.05. The average molecular weight is 339 g/mol. The number of fused-ring (bicyclic) bond motifs is 1. The van der Waals surface area contributed by atoms with E-state index in [1.807, 2.05) is 19.9 Å². The van der Waals surface area contributed by atoms with Gasteiger partial charge in [0.05, 0.1) is 31.7 Å². The minimum absolute atomic E-state index is 0.0682. The highest BCUT2D eigenvalue weighted by atomic mass is 79.9. The molecule has 0 amide bonds. The van der Waals surface area contributed by atoms with Crippen LogP contribution in [0.15, 0.2) is 12.1 Å². The van der Waals surface area contributed by atoms with Gasteiger partial charge in [0.1, 0.15) is 0 Å². The normalized spacial score (nSPS) is 18.2. The number of halogens is 1. The number of benzene rings is 1. The number of nitriles is 1. The lowest BCUT2D eigenvalue weighted by molar-refractivity contribution is 0.284. The van der Waals surface area contributed by atoms with Gasteiger partial charge in [0.2, 0.25) is 0 Å². The van der Waals surface area contributed by atoms with Crippen LogP contribution in [0.4, 0.5) is 0 Å².